The van der Waals surface area contributed by atoms with E-state index in [2.05, 4.69) is 34.0 Å². The van der Waals surface area contributed by atoms with Crippen LogP contribution in [0.3, 0.4) is 0 Å². The number of benzene rings is 2. The average molecular weight is 459 g/mol. The topological polar surface area (TPSA) is 77.2 Å². The second-order valence-electron chi connectivity index (χ2n) is 8.68. The Labute approximate surface area is 199 Å². The van der Waals surface area contributed by atoms with Crippen LogP contribution in [0.4, 0.5) is 0 Å². The van der Waals surface area contributed by atoms with Crippen LogP contribution in [0.15, 0.2) is 48.5 Å². The minimum Gasteiger partial charge on any atom is -0.497 e. The summed E-state index contributed by atoms with van der Waals surface area (Å²) in [6.45, 7) is 5.37. The lowest BCUT2D eigenvalue weighted by Crippen LogP contribution is -2.33. The van der Waals surface area contributed by atoms with Crippen LogP contribution < -0.4 is 10.1 Å². The van der Waals surface area contributed by atoms with Crippen molar-refractivity contribution in [1.29, 1.82) is 0 Å². The van der Waals surface area contributed by atoms with E-state index in [1.54, 1.807) is 7.11 Å². The van der Waals surface area contributed by atoms with Crippen molar-refractivity contribution in [2.24, 2.45) is 7.05 Å². The number of hydrogen-bond donors (Lipinski definition) is 1. The van der Waals surface area contributed by atoms with Crippen molar-refractivity contribution >= 4 is 16.9 Å². The molecule has 2 aromatic heterocycles. The Morgan fingerprint density at radius 3 is 2.79 bits per heavy atom. The van der Waals surface area contributed by atoms with Gasteiger partial charge < -0.3 is 14.6 Å². The third-order valence-electron chi connectivity index (χ3n) is 6.48. The van der Waals surface area contributed by atoms with Crippen molar-refractivity contribution in [2.75, 3.05) is 20.2 Å². The lowest BCUT2D eigenvalue weighted by molar-refractivity contribution is 0.0947. The van der Waals surface area contributed by atoms with E-state index in [0.29, 0.717) is 25.3 Å². The van der Waals surface area contributed by atoms with Crippen molar-refractivity contribution in [3.8, 4) is 5.75 Å². The number of imidazole rings is 1. The fourth-order valence-electron chi connectivity index (χ4n) is 4.72. The molecule has 0 aliphatic carbocycles. The number of carbonyl (C=O) groups is 1. The highest BCUT2D eigenvalue weighted by molar-refractivity contribution is 5.94. The Morgan fingerprint density at radius 1 is 1.15 bits per heavy atom. The Morgan fingerprint density at radius 2 is 2.00 bits per heavy atom. The van der Waals surface area contributed by atoms with Crippen LogP contribution in [0, 0.1) is 0 Å². The summed E-state index contributed by atoms with van der Waals surface area (Å²) in [5.74, 6) is 1.72. The smallest absolute Gasteiger partial charge is 0.272 e. The summed E-state index contributed by atoms with van der Waals surface area (Å²) >= 11 is 0. The fraction of sp³-hybridized carbons (Fsp3) is 0.346. The molecule has 1 N–H and O–H groups in total. The predicted molar refractivity (Wildman–Crippen MR) is 131 cm³/mol. The molecule has 1 aliphatic heterocycles. The zero-order valence-electron chi connectivity index (χ0n) is 19.9. The van der Waals surface area contributed by atoms with E-state index < -0.39 is 0 Å². The van der Waals surface area contributed by atoms with E-state index >= 15 is 0 Å². The summed E-state index contributed by atoms with van der Waals surface area (Å²) in [5.41, 5.74) is 5.89. The SMILES string of the molecule is CCNC(=O)c1nn(Cc2cccc(OC)c2)c2c1CN(Cc1nc3ccccc3n1C)CC2. The van der Waals surface area contributed by atoms with E-state index in [0.717, 1.165) is 58.9 Å². The lowest BCUT2D eigenvalue weighted by Gasteiger charge is -2.27. The third-order valence-corrected chi connectivity index (χ3v) is 6.48. The van der Waals surface area contributed by atoms with Crippen molar-refractivity contribution in [2.45, 2.75) is 33.0 Å². The number of methoxy groups -OCH3 is 1. The molecule has 0 unspecified atom stereocenters. The molecule has 34 heavy (non-hydrogen) atoms. The molecule has 1 aliphatic rings. The van der Waals surface area contributed by atoms with Gasteiger partial charge in [-0.15, -0.1) is 0 Å². The summed E-state index contributed by atoms with van der Waals surface area (Å²) in [5, 5.41) is 7.70. The predicted octanol–water partition coefficient (Wildman–Crippen LogP) is 3.13. The molecule has 3 heterocycles. The van der Waals surface area contributed by atoms with Gasteiger partial charge in [0.2, 0.25) is 0 Å². The number of aryl methyl sites for hydroxylation is 1. The molecule has 0 radical (unpaired) electrons. The fourth-order valence-corrected chi connectivity index (χ4v) is 4.72. The highest BCUT2D eigenvalue weighted by Gasteiger charge is 2.28. The molecular weight excluding hydrogens is 428 g/mol. The van der Waals surface area contributed by atoms with Gasteiger partial charge in [0.15, 0.2) is 5.69 Å². The second-order valence-corrected chi connectivity index (χ2v) is 8.68. The first-order valence-corrected chi connectivity index (χ1v) is 11.7. The monoisotopic (exact) mass is 458 g/mol. The number of aromatic nitrogens is 4. The molecule has 0 saturated carbocycles. The van der Waals surface area contributed by atoms with Gasteiger partial charge in [-0.05, 0) is 36.8 Å². The molecule has 0 atom stereocenters. The Bertz CT molecular complexity index is 1340. The molecule has 0 fully saturated rings. The van der Waals surface area contributed by atoms with E-state index in [1.807, 2.05) is 48.0 Å². The zero-order chi connectivity index (χ0) is 23.7. The van der Waals surface area contributed by atoms with Crippen LogP contribution in [0.5, 0.6) is 5.75 Å². The number of hydrogen-bond acceptors (Lipinski definition) is 5. The number of amides is 1. The minimum absolute atomic E-state index is 0.118. The quantitative estimate of drug-likeness (QED) is 0.460. The molecule has 176 valence electrons. The second kappa shape index (κ2) is 9.30. The van der Waals surface area contributed by atoms with E-state index in [-0.39, 0.29) is 5.91 Å². The number of ether oxygens (including phenoxy) is 1. The van der Waals surface area contributed by atoms with Gasteiger partial charge in [-0.25, -0.2) is 4.98 Å². The number of fused-ring (bicyclic) bond motifs is 2. The van der Waals surface area contributed by atoms with Crippen LogP contribution in [0.2, 0.25) is 0 Å². The number of nitrogens with one attached hydrogen (secondary N) is 1. The number of para-hydroxylation sites is 2. The van der Waals surface area contributed by atoms with E-state index in [1.165, 1.54) is 0 Å². The number of rotatable bonds is 7. The van der Waals surface area contributed by atoms with Gasteiger partial charge in [0.1, 0.15) is 11.6 Å². The van der Waals surface area contributed by atoms with Gasteiger partial charge in [-0.2, -0.15) is 5.10 Å². The first-order chi connectivity index (χ1) is 16.6. The van der Waals surface area contributed by atoms with Gasteiger partial charge in [-0.3, -0.25) is 14.4 Å². The maximum absolute atomic E-state index is 12.9. The van der Waals surface area contributed by atoms with Crippen LogP contribution in [-0.2, 0) is 33.1 Å². The maximum Gasteiger partial charge on any atom is 0.272 e. The highest BCUT2D eigenvalue weighted by Crippen LogP contribution is 2.26. The van der Waals surface area contributed by atoms with E-state index in [9.17, 15) is 4.79 Å². The van der Waals surface area contributed by atoms with Crippen molar-refractivity contribution < 1.29 is 9.53 Å². The molecule has 1 amide bonds. The van der Waals surface area contributed by atoms with Crippen LogP contribution in [0.25, 0.3) is 11.0 Å². The number of nitrogens with zero attached hydrogens (tertiary/aromatic N) is 5. The Kier molecular flexibility index (Phi) is 6.06. The molecule has 8 heteroatoms. The normalized spacial score (nSPS) is 13.7. The van der Waals surface area contributed by atoms with Crippen LogP contribution >= 0.6 is 0 Å². The van der Waals surface area contributed by atoms with Crippen LogP contribution in [0.1, 0.15) is 40.1 Å². The summed E-state index contributed by atoms with van der Waals surface area (Å²) in [4.78, 5) is 20.1. The van der Waals surface area contributed by atoms with Crippen LogP contribution in [-0.4, -0.2) is 50.3 Å². The third kappa shape index (κ3) is 4.17. The molecular formula is C26H30N6O2. The Hall–Kier alpha value is -3.65. The Balaban J connectivity index is 1.43. The summed E-state index contributed by atoms with van der Waals surface area (Å²) < 4.78 is 9.52. The van der Waals surface area contributed by atoms with Crippen molar-refractivity contribution in [3.63, 3.8) is 0 Å². The summed E-state index contributed by atoms with van der Waals surface area (Å²) in [6.07, 6.45) is 0.829. The molecule has 4 aromatic rings. The van der Waals surface area contributed by atoms with Gasteiger partial charge in [0.05, 0.1) is 31.2 Å². The first kappa shape index (κ1) is 22.2. The van der Waals surface area contributed by atoms with Gasteiger partial charge >= 0.3 is 0 Å². The summed E-state index contributed by atoms with van der Waals surface area (Å²) in [6, 6.07) is 16.2. The van der Waals surface area contributed by atoms with Gasteiger partial charge in [0, 0.05) is 44.4 Å². The molecule has 5 rings (SSSR count). The molecule has 8 nitrogen and oxygen atoms in total. The largest absolute Gasteiger partial charge is 0.497 e. The van der Waals surface area contributed by atoms with Crippen molar-refractivity contribution in [1.82, 2.24) is 29.5 Å². The average Bonchev–Trinajstić information content (AvgIpc) is 3.37. The van der Waals surface area contributed by atoms with Gasteiger partial charge in [0.25, 0.3) is 5.91 Å². The maximum atomic E-state index is 12.9. The highest BCUT2D eigenvalue weighted by atomic mass is 16.5. The molecule has 0 saturated heterocycles. The standard InChI is InChI=1S/C26H30N6O2/c1-4-27-26(33)25-20-16-31(17-24-28-21-10-5-6-11-23(21)30(24)2)13-12-22(20)32(29-25)15-18-8-7-9-19(14-18)34-3/h5-11,14H,4,12-13,15-17H2,1-3H3,(H,27,33). The lowest BCUT2D eigenvalue weighted by atomic mass is 10.0. The molecule has 2 aromatic carbocycles. The molecule has 0 bridgehead atoms. The number of carbonyl (C=O) groups excluding carboxylic acids is 1. The van der Waals surface area contributed by atoms with E-state index in [4.69, 9.17) is 14.8 Å². The first-order valence-electron chi connectivity index (χ1n) is 11.7. The van der Waals surface area contributed by atoms with Crippen molar-refractivity contribution in [3.05, 3.63) is 76.9 Å². The molecule has 0 spiro atoms. The summed E-state index contributed by atoms with van der Waals surface area (Å²) in [7, 11) is 3.73. The minimum atomic E-state index is -0.118. The zero-order valence-corrected chi connectivity index (χ0v) is 19.9. The van der Waals surface area contributed by atoms with Gasteiger partial charge in [-0.1, -0.05) is 24.3 Å².